The number of hydrogen-bond donors (Lipinski definition) is 1. The summed E-state index contributed by atoms with van der Waals surface area (Å²) in [7, 11) is 0. The Bertz CT molecular complexity index is 1400. The van der Waals surface area contributed by atoms with Gasteiger partial charge in [0.05, 0.1) is 31.9 Å². The third kappa shape index (κ3) is 3.57. The Morgan fingerprint density at radius 3 is 2.79 bits per heavy atom. The van der Waals surface area contributed by atoms with Gasteiger partial charge in [0.15, 0.2) is 16.7 Å². The summed E-state index contributed by atoms with van der Waals surface area (Å²) in [6, 6.07) is 3.69. The van der Waals surface area contributed by atoms with Gasteiger partial charge >= 0.3 is 0 Å². The maximum atomic E-state index is 14.3. The molecule has 34 heavy (non-hydrogen) atoms. The monoisotopic (exact) mass is 524 g/mol. The van der Waals surface area contributed by atoms with Crippen LogP contribution < -0.4 is 10.5 Å². The standard InChI is InChI=1S/C22H16Cl2F2N4O3S/c1-9(25)20(31)29-4-5-30-10(7-29)8-33-18-12(21(30)32)6-13(23)15(16(18)24)11-2-3-14(26)19-17(11)28-22(27)34-19/h2-3,6,10H,1,4-5,7-8H2,(H2,27,28). The molecular weight excluding hydrogens is 509 g/mol. The summed E-state index contributed by atoms with van der Waals surface area (Å²) in [6.45, 7) is 3.48. The highest BCUT2D eigenvalue weighted by atomic mass is 35.5. The smallest absolute Gasteiger partial charge is 0.282 e. The van der Waals surface area contributed by atoms with Crippen molar-refractivity contribution in [1.29, 1.82) is 0 Å². The molecule has 3 heterocycles. The molecule has 0 aliphatic carbocycles. The number of aromatic nitrogens is 1. The summed E-state index contributed by atoms with van der Waals surface area (Å²) in [6.07, 6.45) is 0. The van der Waals surface area contributed by atoms with E-state index in [9.17, 15) is 18.4 Å². The van der Waals surface area contributed by atoms with Gasteiger partial charge in [0.25, 0.3) is 11.8 Å². The van der Waals surface area contributed by atoms with Crippen molar-refractivity contribution >= 4 is 61.7 Å². The first-order valence-electron chi connectivity index (χ1n) is 10.1. The van der Waals surface area contributed by atoms with Crippen molar-refractivity contribution in [2.24, 2.45) is 0 Å². The van der Waals surface area contributed by atoms with Crippen molar-refractivity contribution in [2.75, 3.05) is 32.0 Å². The number of anilines is 1. The van der Waals surface area contributed by atoms with Gasteiger partial charge in [-0.3, -0.25) is 9.59 Å². The third-order valence-electron chi connectivity index (χ3n) is 5.87. The highest BCUT2D eigenvalue weighted by Gasteiger charge is 2.39. The number of fused-ring (bicyclic) bond motifs is 3. The zero-order chi connectivity index (χ0) is 24.3. The number of ether oxygens (including phenoxy) is 1. The van der Waals surface area contributed by atoms with E-state index in [0.717, 1.165) is 11.3 Å². The average molecular weight is 525 g/mol. The zero-order valence-electron chi connectivity index (χ0n) is 17.4. The molecule has 2 aliphatic rings. The average Bonchev–Trinajstić information content (AvgIpc) is 3.14. The second-order valence-corrected chi connectivity index (χ2v) is 9.68. The van der Waals surface area contributed by atoms with Crippen molar-refractivity contribution in [3.8, 4) is 16.9 Å². The zero-order valence-corrected chi connectivity index (χ0v) is 19.7. The molecule has 0 bridgehead atoms. The fourth-order valence-electron chi connectivity index (χ4n) is 4.30. The first-order valence-corrected chi connectivity index (χ1v) is 11.7. The molecular formula is C22H16Cl2F2N4O3S. The maximum Gasteiger partial charge on any atom is 0.282 e. The number of piperazine rings is 1. The van der Waals surface area contributed by atoms with Gasteiger partial charge in [-0.2, -0.15) is 0 Å². The summed E-state index contributed by atoms with van der Waals surface area (Å²) in [4.78, 5) is 32.4. The minimum absolute atomic E-state index is 0.0184. The molecule has 2 amide bonds. The van der Waals surface area contributed by atoms with Crippen LogP contribution in [0, 0.1) is 5.82 Å². The van der Waals surface area contributed by atoms with Crippen molar-refractivity contribution in [2.45, 2.75) is 6.04 Å². The number of hydrogen-bond acceptors (Lipinski definition) is 6. The van der Waals surface area contributed by atoms with Gasteiger partial charge in [0.2, 0.25) is 0 Å². The molecule has 176 valence electrons. The van der Waals surface area contributed by atoms with Crippen LogP contribution in [0.1, 0.15) is 10.4 Å². The molecule has 1 unspecified atom stereocenters. The Hall–Kier alpha value is -2.95. The normalized spacial score (nSPS) is 17.8. The van der Waals surface area contributed by atoms with Crippen molar-refractivity contribution in [3.63, 3.8) is 0 Å². The Kier molecular flexibility index (Phi) is 5.62. The Labute approximate surface area is 206 Å². The molecule has 2 N–H and O–H groups in total. The predicted octanol–water partition coefficient (Wildman–Crippen LogP) is 4.52. The van der Waals surface area contributed by atoms with Crippen molar-refractivity contribution in [3.05, 3.63) is 52.0 Å². The highest BCUT2D eigenvalue weighted by Crippen LogP contribution is 2.47. The van der Waals surface area contributed by atoms with Gasteiger partial charge < -0.3 is 20.3 Å². The summed E-state index contributed by atoms with van der Waals surface area (Å²) < 4.78 is 33.8. The molecule has 2 aromatic carbocycles. The Morgan fingerprint density at radius 1 is 1.29 bits per heavy atom. The number of carbonyl (C=O) groups is 2. The van der Waals surface area contributed by atoms with E-state index >= 15 is 0 Å². The van der Waals surface area contributed by atoms with Crippen LogP contribution in [0.3, 0.4) is 0 Å². The lowest BCUT2D eigenvalue weighted by Crippen LogP contribution is -2.57. The van der Waals surface area contributed by atoms with Gasteiger partial charge in [-0.15, -0.1) is 0 Å². The quantitative estimate of drug-likeness (QED) is 0.498. The number of carbonyl (C=O) groups excluding carboxylic acids is 2. The highest BCUT2D eigenvalue weighted by molar-refractivity contribution is 7.22. The van der Waals surface area contributed by atoms with Crippen LogP contribution in [-0.4, -0.2) is 58.9 Å². The lowest BCUT2D eigenvalue weighted by Gasteiger charge is -2.39. The van der Waals surface area contributed by atoms with Gasteiger partial charge in [-0.25, -0.2) is 13.8 Å². The van der Waals surface area contributed by atoms with E-state index in [4.69, 9.17) is 33.7 Å². The number of thiazole rings is 1. The Balaban J connectivity index is 1.58. The van der Waals surface area contributed by atoms with Crippen LogP contribution in [0.4, 0.5) is 13.9 Å². The molecule has 12 heteroatoms. The van der Waals surface area contributed by atoms with Gasteiger partial charge in [-0.05, 0) is 18.2 Å². The first kappa shape index (κ1) is 22.8. The maximum absolute atomic E-state index is 14.3. The van der Waals surface area contributed by atoms with Crippen LogP contribution in [-0.2, 0) is 4.79 Å². The minimum Gasteiger partial charge on any atom is -0.489 e. The fraction of sp³-hybridized carbons (Fsp3) is 0.227. The lowest BCUT2D eigenvalue weighted by atomic mass is 10.0. The molecule has 0 spiro atoms. The number of rotatable bonds is 2. The second kappa shape index (κ2) is 8.37. The number of nitrogens with two attached hydrogens (primary N) is 1. The minimum atomic E-state index is -1.06. The second-order valence-electron chi connectivity index (χ2n) is 7.87. The van der Waals surface area contributed by atoms with Gasteiger partial charge in [-0.1, -0.05) is 41.1 Å². The molecule has 1 aromatic heterocycles. The van der Waals surface area contributed by atoms with E-state index < -0.39 is 23.6 Å². The first-order chi connectivity index (χ1) is 16.2. The van der Waals surface area contributed by atoms with E-state index in [2.05, 4.69) is 11.6 Å². The van der Waals surface area contributed by atoms with E-state index in [1.807, 2.05) is 0 Å². The molecule has 1 fully saturated rings. The molecule has 3 aromatic rings. The molecule has 1 atom stereocenters. The van der Waals surface area contributed by atoms with Crippen LogP contribution >= 0.6 is 34.5 Å². The summed E-state index contributed by atoms with van der Waals surface area (Å²) in [5, 5.41) is 0.406. The largest absolute Gasteiger partial charge is 0.489 e. The van der Waals surface area contributed by atoms with E-state index in [1.54, 1.807) is 4.90 Å². The molecule has 2 aliphatic heterocycles. The van der Waals surface area contributed by atoms with Gasteiger partial charge in [0, 0.05) is 30.8 Å². The van der Waals surface area contributed by atoms with Crippen LogP contribution in [0.5, 0.6) is 5.75 Å². The molecule has 1 saturated heterocycles. The third-order valence-corrected chi connectivity index (χ3v) is 7.42. The summed E-state index contributed by atoms with van der Waals surface area (Å²) in [5.74, 6) is -2.62. The topological polar surface area (TPSA) is 88.8 Å². The van der Waals surface area contributed by atoms with Gasteiger partial charge in [0.1, 0.15) is 12.4 Å². The number of nitrogens with zero attached hydrogens (tertiary/aromatic N) is 3. The number of benzene rings is 2. The number of halogens is 4. The van der Waals surface area contributed by atoms with Crippen LogP contribution in [0.2, 0.25) is 10.0 Å². The molecule has 0 radical (unpaired) electrons. The van der Waals surface area contributed by atoms with E-state index in [1.165, 1.54) is 23.1 Å². The lowest BCUT2D eigenvalue weighted by molar-refractivity contribution is -0.131. The van der Waals surface area contributed by atoms with E-state index in [-0.39, 0.29) is 63.3 Å². The van der Waals surface area contributed by atoms with Crippen molar-refractivity contribution < 1.29 is 23.1 Å². The van der Waals surface area contributed by atoms with E-state index in [0.29, 0.717) is 16.6 Å². The molecule has 7 nitrogen and oxygen atoms in total. The van der Waals surface area contributed by atoms with Crippen LogP contribution in [0.25, 0.3) is 21.3 Å². The summed E-state index contributed by atoms with van der Waals surface area (Å²) >= 11 is 14.3. The number of amides is 2. The molecule has 5 rings (SSSR count). The summed E-state index contributed by atoms with van der Waals surface area (Å²) in [5.41, 5.74) is 7.02. The van der Waals surface area contributed by atoms with Crippen LogP contribution in [0.15, 0.2) is 30.6 Å². The SMILES string of the molecule is C=C(F)C(=O)N1CCN2C(=O)c3cc(Cl)c(-c4ccc(F)c5sc(N)nc45)c(Cl)c3OCC2C1. The molecule has 0 saturated carbocycles. The fourth-order valence-corrected chi connectivity index (χ4v) is 5.78. The van der Waals surface area contributed by atoms with Crippen molar-refractivity contribution in [1.82, 2.24) is 14.8 Å². The number of nitrogen functional groups attached to an aromatic ring is 1. The predicted molar refractivity (Wildman–Crippen MR) is 127 cm³/mol. The Morgan fingerprint density at radius 2 is 2.06 bits per heavy atom.